The van der Waals surface area contributed by atoms with Crippen LogP contribution in [0.1, 0.15) is 5.56 Å². The van der Waals surface area contributed by atoms with Crippen LogP contribution in [0.15, 0.2) is 30.5 Å². The van der Waals surface area contributed by atoms with E-state index in [4.69, 9.17) is 0 Å². The fourth-order valence-electron chi connectivity index (χ4n) is 2.67. The quantitative estimate of drug-likeness (QED) is 0.718. The summed E-state index contributed by atoms with van der Waals surface area (Å²) in [5, 5.41) is 12.8. The van der Waals surface area contributed by atoms with E-state index in [2.05, 4.69) is 10.3 Å². The first-order valence-corrected chi connectivity index (χ1v) is 8.63. The molecule has 2 heterocycles. The number of rotatable bonds is 6. The number of hydrogen-bond acceptors (Lipinski definition) is 4. The fraction of sp³-hybridized carbons (Fsp3) is 0.312. The molecular weight excluding hydrogens is 330 g/mol. The van der Waals surface area contributed by atoms with Gasteiger partial charge in [0.1, 0.15) is 12.6 Å². The highest BCUT2D eigenvalue weighted by atomic mass is 32.2. The number of fused-ring (bicyclic) bond motifs is 1. The molecule has 1 fully saturated rings. The van der Waals surface area contributed by atoms with Gasteiger partial charge >= 0.3 is 5.97 Å². The number of hydrogen-bond donors (Lipinski definition) is 3. The van der Waals surface area contributed by atoms with Crippen molar-refractivity contribution in [3.05, 3.63) is 36.0 Å². The Morgan fingerprint density at radius 3 is 2.88 bits per heavy atom. The predicted molar refractivity (Wildman–Crippen MR) is 90.6 cm³/mol. The minimum Gasteiger partial charge on any atom is -0.480 e. The molecule has 126 valence electrons. The van der Waals surface area contributed by atoms with Gasteiger partial charge in [-0.1, -0.05) is 18.2 Å². The number of nitrogens with one attached hydrogen (secondary N) is 2. The molecule has 8 heteroatoms. The number of para-hydroxylation sites is 1. The second-order valence-corrected chi connectivity index (χ2v) is 6.55. The lowest BCUT2D eigenvalue weighted by atomic mass is 10.0. The third kappa shape index (κ3) is 3.53. The summed E-state index contributed by atoms with van der Waals surface area (Å²) in [6.07, 6.45) is 1.93. The van der Waals surface area contributed by atoms with Gasteiger partial charge in [0, 0.05) is 23.5 Å². The van der Waals surface area contributed by atoms with Crippen molar-refractivity contribution < 1.29 is 19.5 Å². The van der Waals surface area contributed by atoms with Gasteiger partial charge in [0.15, 0.2) is 0 Å². The van der Waals surface area contributed by atoms with Gasteiger partial charge in [0.05, 0.1) is 11.6 Å². The number of thioether (sulfide) groups is 1. The number of nitrogens with zero attached hydrogens (tertiary/aromatic N) is 1. The van der Waals surface area contributed by atoms with Crippen molar-refractivity contribution in [2.75, 3.05) is 18.2 Å². The van der Waals surface area contributed by atoms with Gasteiger partial charge < -0.3 is 20.3 Å². The van der Waals surface area contributed by atoms with E-state index < -0.39 is 17.9 Å². The van der Waals surface area contributed by atoms with Crippen molar-refractivity contribution in [2.45, 2.75) is 12.5 Å². The Morgan fingerprint density at radius 2 is 2.17 bits per heavy atom. The summed E-state index contributed by atoms with van der Waals surface area (Å²) in [6, 6.07) is 6.54. The number of amides is 2. The second-order valence-electron chi connectivity index (χ2n) is 5.59. The van der Waals surface area contributed by atoms with Crippen molar-refractivity contribution >= 4 is 40.4 Å². The Labute approximate surface area is 142 Å². The predicted octanol–water partition coefficient (Wildman–Crippen LogP) is 0.813. The molecule has 0 radical (unpaired) electrons. The van der Waals surface area contributed by atoms with Crippen molar-refractivity contribution in [1.82, 2.24) is 15.2 Å². The van der Waals surface area contributed by atoms with E-state index in [0.29, 0.717) is 11.6 Å². The van der Waals surface area contributed by atoms with Crippen LogP contribution in [0.3, 0.4) is 0 Å². The van der Waals surface area contributed by atoms with Gasteiger partial charge in [-0.05, 0) is 11.6 Å². The minimum absolute atomic E-state index is 0.0985. The molecule has 3 rings (SSSR count). The average Bonchev–Trinajstić information content (AvgIpc) is 3.14. The lowest BCUT2D eigenvalue weighted by Gasteiger charge is -2.18. The van der Waals surface area contributed by atoms with Crippen LogP contribution in [0.25, 0.3) is 10.9 Å². The number of carbonyl (C=O) groups excluding carboxylic acids is 2. The van der Waals surface area contributed by atoms with E-state index in [9.17, 15) is 19.5 Å². The summed E-state index contributed by atoms with van der Waals surface area (Å²) < 4.78 is 0. The summed E-state index contributed by atoms with van der Waals surface area (Å²) >= 11 is 1.44. The zero-order valence-corrected chi connectivity index (χ0v) is 13.6. The average molecular weight is 347 g/mol. The zero-order valence-electron chi connectivity index (χ0n) is 12.8. The van der Waals surface area contributed by atoms with E-state index in [0.717, 1.165) is 16.5 Å². The Balaban J connectivity index is 1.67. The molecule has 0 unspecified atom stereocenters. The van der Waals surface area contributed by atoms with E-state index >= 15 is 0 Å². The molecular formula is C16H17N3O4S. The molecule has 2 aromatic rings. The molecule has 1 atom stereocenters. The normalized spacial score (nSPS) is 15.7. The monoisotopic (exact) mass is 347 g/mol. The van der Waals surface area contributed by atoms with Crippen molar-refractivity contribution in [1.29, 1.82) is 0 Å². The second kappa shape index (κ2) is 6.96. The number of benzene rings is 1. The smallest absolute Gasteiger partial charge is 0.326 e. The Bertz CT molecular complexity index is 788. The van der Waals surface area contributed by atoms with Crippen molar-refractivity contribution in [3.8, 4) is 0 Å². The van der Waals surface area contributed by atoms with Crippen LogP contribution < -0.4 is 5.32 Å². The number of aliphatic carboxylic acids is 1. The summed E-state index contributed by atoms with van der Waals surface area (Å²) in [4.78, 5) is 39.6. The molecule has 0 saturated carbocycles. The topological polar surface area (TPSA) is 103 Å². The number of aromatic nitrogens is 1. The van der Waals surface area contributed by atoms with Gasteiger partial charge in [-0.25, -0.2) is 4.79 Å². The van der Waals surface area contributed by atoms with Crippen LogP contribution in [-0.4, -0.2) is 57.0 Å². The first-order chi connectivity index (χ1) is 11.5. The number of aromatic amines is 1. The lowest BCUT2D eigenvalue weighted by Crippen LogP contribution is -2.47. The van der Waals surface area contributed by atoms with Crippen LogP contribution in [0, 0.1) is 0 Å². The molecule has 0 spiro atoms. The SMILES string of the molecule is O=C(CN1CSCC1=O)N[C@H](Cc1c[nH]c2ccccc12)C(=O)O. The van der Waals surface area contributed by atoms with Crippen LogP contribution in [-0.2, 0) is 20.8 Å². The maximum atomic E-state index is 12.1. The molecule has 0 aliphatic carbocycles. The molecule has 0 bridgehead atoms. The first-order valence-electron chi connectivity index (χ1n) is 7.47. The molecule has 1 aliphatic heterocycles. The Kier molecular flexibility index (Phi) is 4.75. The Hall–Kier alpha value is -2.48. The fourth-order valence-corrected chi connectivity index (χ4v) is 3.58. The maximum absolute atomic E-state index is 12.1. The third-order valence-electron chi connectivity index (χ3n) is 3.89. The van der Waals surface area contributed by atoms with Crippen LogP contribution in [0.5, 0.6) is 0 Å². The van der Waals surface area contributed by atoms with Crippen molar-refractivity contribution in [3.63, 3.8) is 0 Å². The van der Waals surface area contributed by atoms with Gasteiger partial charge in [-0.3, -0.25) is 9.59 Å². The molecule has 7 nitrogen and oxygen atoms in total. The highest BCUT2D eigenvalue weighted by Crippen LogP contribution is 2.19. The molecule has 24 heavy (non-hydrogen) atoms. The molecule has 3 N–H and O–H groups in total. The number of carboxylic acid groups (broad SMARTS) is 1. The molecule has 1 aromatic heterocycles. The summed E-state index contributed by atoms with van der Waals surface area (Å²) in [5.74, 6) is -0.829. The lowest BCUT2D eigenvalue weighted by molar-refractivity contribution is -0.142. The van der Waals surface area contributed by atoms with Crippen LogP contribution in [0.4, 0.5) is 0 Å². The minimum atomic E-state index is -1.10. The van der Waals surface area contributed by atoms with Gasteiger partial charge in [-0.15, -0.1) is 11.8 Å². The van der Waals surface area contributed by atoms with Crippen LogP contribution >= 0.6 is 11.8 Å². The Morgan fingerprint density at radius 1 is 1.38 bits per heavy atom. The maximum Gasteiger partial charge on any atom is 0.326 e. The van der Waals surface area contributed by atoms with E-state index in [-0.39, 0.29) is 18.9 Å². The molecule has 1 aromatic carbocycles. The highest BCUT2D eigenvalue weighted by Gasteiger charge is 2.26. The van der Waals surface area contributed by atoms with E-state index in [1.165, 1.54) is 16.7 Å². The third-order valence-corrected chi connectivity index (χ3v) is 4.84. The standard InChI is InChI=1S/C16H17N3O4S/c20-14(7-19-9-24-8-15(19)21)18-13(16(22)23)5-10-6-17-12-4-2-1-3-11(10)12/h1-4,6,13,17H,5,7-9H2,(H,18,20)(H,22,23)/t13-/m1/s1. The highest BCUT2D eigenvalue weighted by molar-refractivity contribution is 8.00. The van der Waals surface area contributed by atoms with Gasteiger partial charge in [-0.2, -0.15) is 0 Å². The largest absolute Gasteiger partial charge is 0.480 e. The van der Waals surface area contributed by atoms with E-state index in [1.54, 1.807) is 6.20 Å². The molecule has 1 saturated heterocycles. The van der Waals surface area contributed by atoms with Crippen LogP contribution in [0.2, 0.25) is 0 Å². The van der Waals surface area contributed by atoms with Gasteiger partial charge in [0.2, 0.25) is 11.8 Å². The van der Waals surface area contributed by atoms with Crippen molar-refractivity contribution in [2.24, 2.45) is 0 Å². The number of carbonyl (C=O) groups is 3. The van der Waals surface area contributed by atoms with E-state index in [1.807, 2.05) is 24.3 Å². The zero-order chi connectivity index (χ0) is 17.1. The summed E-state index contributed by atoms with van der Waals surface area (Å²) in [5.41, 5.74) is 1.74. The van der Waals surface area contributed by atoms with Gasteiger partial charge in [0.25, 0.3) is 0 Å². The molecule has 2 amide bonds. The first kappa shape index (κ1) is 16.4. The summed E-state index contributed by atoms with van der Waals surface area (Å²) in [7, 11) is 0. The molecule has 1 aliphatic rings. The number of carboxylic acids is 1. The summed E-state index contributed by atoms with van der Waals surface area (Å²) in [6.45, 7) is -0.108. The number of H-pyrrole nitrogens is 1.